The molecule has 3 aromatic rings. The molecule has 3 amide bonds. The third-order valence-corrected chi connectivity index (χ3v) is 6.33. The molecule has 7 heteroatoms. The topological polar surface area (TPSA) is 75.7 Å². The Kier molecular flexibility index (Phi) is 5.26. The van der Waals surface area contributed by atoms with E-state index in [0.717, 1.165) is 10.5 Å². The van der Waals surface area contributed by atoms with Gasteiger partial charge in [-0.15, -0.1) is 0 Å². The van der Waals surface area contributed by atoms with Crippen molar-refractivity contribution in [1.82, 2.24) is 0 Å². The second-order valence-electron chi connectivity index (χ2n) is 8.20. The second-order valence-corrected chi connectivity index (χ2v) is 8.20. The number of rotatable bonds is 4. The quantitative estimate of drug-likeness (QED) is 0.609. The Bertz CT molecular complexity index is 1210. The molecule has 0 saturated carbocycles. The molecule has 0 atom stereocenters. The van der Waals surface area contributed by atoms with Gasteiger partial charge < -0.3 is 10.1 Å². The van der Waals surface area contributed by atoms with Crippen LogP contribution in [0, 0.1) is 5.82 Å². The maximum Gasteiger partial charge on any atom is 0.266 e. The molecule has 1 fully saturated rings. The molecule has 6 nitrogen and oxygen atoms in total. The highest BCUT2D eigenvalue weighted by atomic mass is 19.1. The van der Waals surface area contributed by atoms with Crippen LogP contribution in [-0.2, 0) is 14.9 Å². The number of carbonyl (C=O) groups is 3. The van der Waals surface area contributed by atoms with Crippen LogP contribution in [-0.4, -0.2) is 30.9 Å². The Morgan fingerprint density at radius 3 is 2.15 bits per heavy atom. The van der Waals surface area contributed by atoms with E-state index in [1.807, 2.05) is 0 Å². The summed E-state index contributed by atoms with van der Waals surface area (Å²) in [6, 6.07) is 19.3. The van der Waals surface area contributed by atoms with E-state index in [1.54, 1.807) is 60.7 Å². The number of imide groups is 1. The third-order valence-electron chi connectivity index (χ3n) is 6.33. The van der Waals surface area contributed by atoms with E-state index < -0.39 is 17.2 Å². The third kappa shape index (κ3) is 3.60. The van der Waals surface area contributed by atoms with Gasteiger partial charge in [-0.25, -0.2) is 9.29 Å². The molecule has 0 spiro atoms. The average Bonchev–Trinajstić information content (AvgIpc) is 3.10. The fourth-order valence-corrected chi connectivity index (χ4v) is 4.53. The molecule has 166 valence electrons. The van der Waals surface area contributed by atoms with Crippen LogP contribution in [0.3, 0.4) is 0 Å². The molecule has 2 aliphatic heterocycles. The van der Waals surface area contributed by atoms with Gasteiger partial charge >= 0.3 is 0 Å². The number of anilines is 2. The summed E-state index contributed by atoms with van der Waals surface area (Å²) in [5.41, 5.74) is 1.41. The molecule has 2 aliphatic rings. The maximum atomic E-state index is 13.5. The van der Waals surface area contributed by atoms with Gasteiger partial charge in [0.2, 0.25) is 5.91 Å². The van der Waals surface area contributed by atoms with E-state index in [-0.39, 0.29) is 11.7 Å². The SMILES string of the molecule is O=C1c2ccccc2C(=O)N1c1cccc(NC(=O)C2(c3ccc(F)cc3)CCOCC2)c1. The lowest BCUT2D eigenvalue weighted by atomic mass is 9.73. The first kappa shape index (κ1) is 21.0. The number of carbonyl (C=O) groups excluding carboxylic acids is 3. The minimum absolute atomic E-state index is 0.239. The minimum atomic E-state index is -0.864. The Balaban J connectivity index is 1.44. The first-order valence-electron chi connectivity index (χ1n) is 10.7. The van der Waals surface area contributed by atoms with Crippen LogP contribution in [0.1, 0.15) is 39.1 Å². The van der Waals surface area contributed by atoms with Crippen molar-refractivity contribution in [2.75, 3.05) is 23.4 Å². The lowest BCUT2D eigenvalue weighted by Crippen LogP contribution is -2.44. The van der Waals surface area contributed by atoms with Crippen molar-refractivity contribution < 1.29 is 23.5 Å². The minimum Gasteiger partial charge on any atom is -0.381 e. The van der Waals surface area contributed by atoms with Crippen LogP contribution in [0.15, 0.2) is 72.8 Å². The van der Waals surface area contributed by atoms with Crippen LogP contribution in [0.25, 0.3) is 0 Å². The van der Waals surface area contributed by atoms with Crippen LogP contribution < -0.4 is 10.2 Å². The van der Waals surface area contributed by atoms with Gasteiger partial charge in [0.1, 0.15) is 5.82 Å². The highest BCUT2D eigenvalue weighted by Crippen LogP contribution is 2.37. The predicted molar refractivity (Wildman–Crippen MR) is 121 cm³/mol. The van der Waals surface area contributed by atoms with Crippen molar-refractivity contribution in [1.29, 1.82) is 0 Å². The van der Waals surface area contributed by atoms with Gasteiger partial charge in [0.15, 0.2) is 0 Å². The zero-order chi connectivity index (χ0) is 23.0. The van der Waals surface area contributed by atoms with Gasteiger partial charge in [0.25, 0.3) is 11.8 Å². The van der Waals surface area contributed by atoms with E-state index in [2.05, 4.69) is 5.32 Å². The fraction of sp³-hybridized carbons (Fsp3) is 0.192. The number of hydrogen-bond acceptors (Lipinski definition) is 4. The van der Waals surface area contributed by atoms with Crippen molar-refractivity contribution >= 4 is 29.1 Å². The highest BCUT2D eigenvalue weighted by Gasteiger charge is 2.42. The number of ether oxygens (including phenoxy) is 1. The number of benzene rings is 3. The fourth-order valence-electron chi connectivity index (χ4n) is 4.53. The second kappa shape index (κ2) is 8.26. The number of nitrogens with zero attached hydrogens (tertiary/aromatic N) is 1. The monoisotopic (exact) mass is 444 g/mol. The Labute approximate surface area is 190 Å². The van der Waals surface area contributed by atoms with Crippen LogP contribution >= 0.6 is 0 Å². The summed E-state index contributed by atoms with van der Waals surface area (Å²) < 4.78 is 19.0. The molecule has 3 aromatic carbocycles. The zero-order valence-corrected chi connectivity index (χ0v) is 17.7. The first-order valence-corrected chi connectivity index (χ1v) is 10.7. The number of amides is 3. The van der Waals surface area contributed by atoms with Gasteiger partial charge in [0, 0.05) is 18.9 Å². The normalized spacial score (nSPS) is 17.1. The summed E-state index contributed by atoms with van der Waals surface area (Å²) in [6.45, 7) is 0.833. The summed E-state index contributed by atoms with van der Waals surface area (Å²) in [6.07, 6.45) is 0.922. The van der Waals surface area contributed by atoms with Crippen molar-refractivity contribution in [2.45, 2.75) is 18.3 Å². The van der Waals surface area contributed by atoms with Gasteiger partial charge in [-0.2, -0.15) is 0 Å². The van der Waals surface area contributed by atoms with Gasteiger partial charge in [-0.05, 0) is 60.9 Å². The summed E-state index contributed by atoms with van der Waals surface area (Å²) in [5, 5.41) is 2.94. The van der Waals surface area contributed by atoms with Crippen molar-refractivity contribution in [3.05, 3.63) is 95.3 Å². The van der Waals surface area contributed by atoms with Crippen molar-refractivity contribution in [3.63, 3.8) is 0 Å². The first-order chi connectivity index (χ1) is 16.0. The van der Waals surface area contributed by atoms with E-state index in [0.29, 0.717) is 48.6 Å². The zero-order valence-electron chi connectivity index (χ0n) is 17.7. The average molecular weight is 444 g/mol. The van der Waals surface area contributed by atoms with E-state index >= 15 is 0 Å². The van der Waals surface area contributed by atoms with Gasteiger partial charge in [-0.1, -0.05) is 30.3 Å². The molecule has 33 heavy (non-hydrogen) atoms. The maximum absolute atomic E-state index is 13.5. The highest BCUT2D eigenvalue weighted by molar-refractivity contribution is 6.34. The summed E-state index contributed by atoms with van der Waals surface area (Å²) >= 11 is 0. The molecule has 0 radical (unpaired) electrons. The molecular formula is C26H21FN2O4. The summed E-state index contributed by atoms with van der Waals surface area (Å²) in [4.78, 5) is 40.3. The molecule has 0 aliphatic carbocycles. The number of fused-ring (bicyclic) bond motifs is 1. The van der Waals surface area contributed by atoms with Crippen LogP contribution in [0.4, 0.5) is 15.8 Å². The predicted octanol–water partition coefficient (Wildman–Crippen LogP) is 4.31. The van der Waals surface area contributed by atoms with E-state index in [1.165, 1.54) is 12.1 Å². The number of nitrogens with one attached hydrogen (secondary N) is 1. The van der Waals surface area contributed by atoms with Crippen molar-refractivity contribution in [2.24, 2.45) is 0 Å². The molecular weight excluding hydrogens is 423 g/mol. The smallest absolute Gasteiger partial charge is 0.266 e. The molecule has 5 rings (SSSR count). The van der Waals surface area contributed by atoms with Gasteiger partial charge in [-0.3, -0.25) is 14.4 Å². The van der Waals surface area contributed by atoms with Gasteiger partial charge in [0.05, 0.1) is 22.2 Å². The largest absolute Gasteiger partial charge is 0.381 e. The van der Waals surface area contributed by atoms with Crippen LogP contribution in [0.5, 0.6) is 0 Å². The molecule has 1 saturated heterocycles. The lowest BCUT2D eigenvalue weighted by molar-refractivity contribution is -0.125. The molecule has 2 heterocycles. The summed E-state index contributed by atoms with van der Waals surface area (Å²) in [5.74, 6) is -1.40. The number of hydrogen-bond donors (Lipinski definition) is 1. The molecule has 0 unspecified atom stereocenters. The Morgan fingerprint density at radius 1 is 0.879 bits per heavy atom. The molecule has 1 N–H and O–H groups in total. The summed E-state index contributed by atoms with van der Waals surface area (Å²) in [7, 11) is 0. The Hall–Kier alpha value is -3.84. The Morgan fingerprint density at radius 2 is 1.52 bits per heavy atom. The molecule has 0 bridgehead atoms. The molecule has 0 aromatic heterocycles. The van der Waals surface area contributed by atoms with Crippen molar-refractivity contribution in [3.8, 4) is 0 Å². The lowest BCUT2D eigenvalue weighted by Gasteiger charge is -2.36. The van der Waals surface area contributed by atoms with E-state index in [4.69, 9.17) is 4.74 Å². The van der Waals surface area contributed by atoms with E-state index in [9.17, 15) is 18.8 Å². The van der Waals surface area contributed by atoms with Crippen LogP contribution in [0.2, 0.25) is 0 Å². The number of halogens is 1. The standard InChI is InChI=1S/C26H21FN2O4/c27-18-10-8-17(9-11-18)26(12-14-33-15-13-26)25(32)28-19-4-3-5-20(16-19)29-23(30)21-6-1-2-7-22(21)24(29)31/h1-11,16H,12-15H2,(H,28,32).